The fourth-order valence-corrected chi connectivity index (χ4v) is 3.14. The SMILES string of the molecule is CCN1CCN(c2cc(CNC(=O)c3cc(OC)ccc3O)ccn2)CC1. The normalized spacial score (nSPS) is 14.8. The highest BCUT2D eigenvalue weighted by Crippen LogP contribution is 2.23. The fraction of sp³-hybridized carbons (Fsp3) is 0.400. The maximum Gasteiger partial charge on any atom is 0.255 e. The molecular formula is C20H26N4O3. The van der Waals surface area contributed by atoms with E-state index in [-0.39, 0.29) is 17.2 Å². The Labute approximate surface area is 159 Å². The number of benzene rings is 1. The first-order chi connectivity index (χ1) is 13.1. The summed E-state index contributed by atoms with van der Waals surface area (Å²) in [5.74, 6) is 1.04. The maximum absolute atomic E-state index is 12.4. The number of nitrogens with zero attached hydrogens (tertiary/aromatic N) is 3. The predicted octanol–water partition coefficient (Wildman–Crippen LogP) is 1.87. The number of hydrogen-bond donors (Lipinski definition) is 2. The Morgan fingerprint density at radius 3 is 2.70 bits per heavy atom. The topological polar surface area (TPSA) is 77.9 Å². The van der Waals surface area contributed by atoms with Crippen molar-refractivity contribution in [3.8, 4) is 11.5 Å². The summed E-state index contributed by atoms with van der Waals surface area (Å²) in [6.07, 6.45) is 1.77. The lowest BCUT2D eigenvalue weighted by Crippen LogP contribution is -2.46. The largest absolute Gasteiger partial charge is 0.507 e. The summed E-state index contributed by atoms with van der Waals surface area (Å²) in [5, 5.41) is 12.8. The van der Waals surface area contributed by atoms with Crippen molar-refractivity contribution < 1.29 is 14.6 Å². The zero-order chi connectivity index (χ0) is 19.2. The van der Waals surface area contributed by atoms with Gasteiger partial charge in [-0.25, -0.2) is 4.98 Å². The molecule has 1 fully saturated rings. The van der Waals surface area contributed by atoms with Gasteiger partial charge in [-0.05, 0) is 42.4 Å². The number of hydrogen-bond acceptors (Lipinski definition) is 6. The molecule has 3 rings (SSSR count). The lowest BCUT2D eigenvalue weighted by molar-refractivity contribution is 0.0948. The third kappa shape index (κ3) is 4.68. The van der Waals surface area contributed by atoms with Crippen LogP contribution in [0.1, 0.15) is 22.8 Å². The molecule has 1 aromatic heterocycles. The van der Waals surface area contributed by atoms with E-state index in [9.17, 15) is 9.90 Å². The molecule has 0 aliphatic carbocycles. The first-order valence-corrected chi connectivity index (χ1v) is 9.18. The summed E-state index contributed by atoms with van der Waals surface area (Å²) >= 11 is 0. The Morgan fingerprint density at radius 1 is 1.22 bits per heavy atom. The molecule has 0 spiro atoms. The number of amides is 1. The van der Waals surface area contributed by atoms with Crippen LogP contribution in [0.4, 0.5) is 5.82 Å². The van der Waals surface area contributed by atoms with Crippen molar-refractivity contribution in [2.45, 2.75) is 13.5 Å². The molecule has 2 aromatic rings. The number of likely N-dealkylation sites (N-methyl/N-ethyl adjacent to an activating group) is 1. The molecule has 1 aliphatic rings. The summed E-state index contributed by atoms with van der Waals surface area (Å²) in [6, 6.07) is 8.48. The van der Waals surface area contributed by atoms with Gasteiger partial charge in [0.25, 0.3) is 5.91 Å². The second-order valence-electron chi connectivity index (χ2n) is 6.51. The van der Waals surface area contributed by atoms with Crippen LogP contribution in [0.15, 0.2) is 36.5 Å². The first kappa shape index (κ1) is 19.0. The summed E-state index contributed by atoms with van der Waals surface area (Å²) in [7, 11) is 1.52. The van der Waals surface area contributed by atoms with Crippen LogP contribution in [-0.2, 0) is 6.54 Å². The van der Waals surface area contributed by atoms with E-state index < -0.39 is 0 Å². The number of methoxy groups -OCH3 is 1. The molecule has 2 heterocycles. The molecule has 0 atom stereocenters. The van der Waals surface area contributed by atoms with Gasteiger partial charge >= 0.3 is 0 Å². The number of aromatic hydroxyl groups is 1. The number of phenolic OH excluding ortho intramolecular Hbond substituents is 1. The molecule has 0 bridgehead atoms. The van der Waals surface area contributed by atoms with E-state index in [1.807, 2.05) is 12.1 Å². The molecule has 1 aliphatic heterocycles. The number of pyridine rings is 1. The number of piperazine rings is 1. The van der Waals surface area contributed by atoms with Gasteiger partial charge in [0.15, 0.2) is 0 Å². The standard InChI is InChI=1S/C20H26N4O3/c1-3-23-8-10-24(11-9-23)19-12-15(6-7-21-19)14-22-20(26)17-13-16(27-2)4-5-18(17)25/h4-7,12-13,25H,3,8-11,14H2,1-2H3,(H,22,26). The van der Waals surface area contributed by atoms with Crippen molar-refractivity contribution in [2.24, 2.45) is 0 Å². The molecule has 2 N–H and O–H groups in total. The van der Waals surface area contributed by atoms with Gasteiger partial charge in [-0.15, -0.1) is 0 Å². The van der Waals surface area contributed by atoms with E-state index in [0.29, 0.717) is 12.3 Å². The highest BCUT2D eigenvalue weighted by atomic mass is 16.5. The summed E-state index contributed by atoms with van der Waals surface area (Å²) < 4.78 is 5.11. The molecular weight excluding hydrogens is 344 g/mol. The Kier molecular flexibility index (Phi) is 6.13. The van der Waals surface area contributed by atoms with Crippen molar-refractivity contribution in [1.82, 2.24) is 15.2 Å². The van der Waals surface area contributed by atoms with Crippen molar-refractivity contribution in [2.75, 3.05) is 44.7 Å². The molecule has 1 amide bonds. The van der Waals surface area contributed by atoms with Gasteiger partial charge in [0.1, 0.15) is 17.3 Å². The minimum absolute atomic E-state index is 0.0717. The summed E-state index contributed by atoms with van der Waals surface area (Å²) in [5.41, 5.74) is 1.16. The van der Waals surface area contributed by atoms with Crippen LogP contribution < -0.4 is 15.0 Å². The molecule has 0 radical (unpaired) electrons. The average Bonchev–Trinajstić information content (AvgIpc) is 2.72. The van der Waals surface area contributed by atoms with E-state index in [2.05, 4.69) is 27.0 Å². The Balaban J connectivity index is 1.62. The Morgan fingerprint density at radius 2 is 2.00 bits per heavy atom. The quantitative estimate of drug-likeness (QED) is 0.808. The molecule has 7 nitrogen and oxygen atoms in total. The number of carbonyl (C=O) groups excluding carboxylic acids is 1. The zero-order valence-corrected chi connectivity index (χ0v) is 15.8. The van der Waals surface area contributed by atoms with Crippen LogP contribution in [0.3, 0.4) is 0 Å². The smallest absolute Gasteiger partial charge is 0.255 e. The number of phenols is 1. The molecule has 1 aromatic carbocycles. The maximum atomic E-state index is 12.4. The third-order valence-corrected chi connectivity index (χ3v) is 4.85. The van der Waals surface area contributed by atoms with E-state index in [4.69, 9.17) is 4.74 Å². The van der Waals surface area contributed by atoms with Gasteiger partial charge in [-0.3, -0.25) is 4.79 Å². The number of ether oxygens (including phenoxy) is 1. The second kappa shape index (κ2) is 8.73. The first-order valence-electron chi connectivity index (χ1n) is 9.18. The number of anilines is 1. The van der Waals surface area contributed by atoms with E-state index >= 15 is 0 Å². The lowest BCUT2D eigenvalue weighted by atomic mass is 10.1. The van der Waals surface area contributed by atoms with Crippen LogP contribution in [-0.4, -0.2) is 60.7 Å². The second-order valence-corrected chi connectivity index (χ2v) is 6.51. The monoisotopic (exact) mass is 370 g/mol. The van der Waals surface area contributed by atoms with Gasteiger partial charge < -0.3 is 25.0 Å². The fourth-order valence-electron chi connectivity index (χ4n) is 3.14. The Bertz CT molecular complexity index is 789. The van der Waals surface area contributed by atoms with Gasteiger partial charge in [-0.1, -0.05) is 6.92 Å². The van der Waals surface area contributed by atoms with Crippen molar-refractivity contribution in [1.29, 1.82) is 0 Å². The Hall–Kier alpha value is -2.80. The molecule has 1 saturated heterocycles. The lowest BCUT2D eigenvalue weighted by Gasteiger charge is -2.34. The minimum Gasteiger partial charge on any atom is -0.507 e. The number of carbonyl (C=O) groups is 1. The molecule has 27 heavy (non-hydrogen) atoms. The molecule has 0 saturated carbocycles. The minimum atomic E-state index is -0.346. The predicted molar refractivity (Wildman–Crippen MR) is 104 cm³/mol. The van der Waals surface area contributed by atoms with Crippen molar-refractivity contribution >= 4 is 11.7 Å². The van der Waals surface area contributed by atoms with E-state index in [1.54, 1.807) is 12.3 Å². The highest BCUT2D eigenvalue weighted by Gasteiger charge is 2.17. The van der Waals surface area contributed by atoms with Crippen LogP contribution in [0, 0.1) is 0 Å². The van der Waals surface area contributed by atoms with Gasteiger partial charge in [0, 0.05) is 38.9 Å². The van der Waals surface area contributed by atoms with Crippen LogP contribution in [0.25, 0.3) is 0 Å². The van der Waals surface area contributed by atoms with Crippen LogP contribution >= 0.6 is 0 Å². The average molecular weight is 370 g/mol. The van der Waals surface area contributed by atoms with Gasteiger partial charge in [0.2, 0.25) is 0 Å². The van der Waals surface area contributed by atoms with Crippen molar-refractivity contribution in [3.63, 3.8) is 0 Å². The van der Waals surface area contributed by atoms with E-state index in [0.717, 1.165) is 44.1 Å². The van der Waals surface area contributed by atoms with Gasteiger partial charge in [-0.2, -0.15) is 0 Å². The molecule has 144 valence electrons. The molecule has 0 unspecified atom stereocenters. The van der Waals surface area contributed by atoms with Crippen molar-refractivity contribution in [3.05, 3.63) is 47.7 Å². The highest BCUT2D eigenvalue weighted by molar-refractivity contribution is 5.97. The summed E-state index contributed by atoms with van der Waals surface area (Å²) in [4.78, 5) is 21.6. The van der Waals surface area contributed by atoms with E-state index in [1.165, 1.54) is 19.2 Å². The summed E-state index contributed by atoms with van der Waals surface area (Å²) in [6.45, 7) is 7.59. The number of rotatable bonds is 6. The third-order valence-electron chi connectivity index (χ3n) is 4.85. The number of aromatic nitrogens is 1. The molecule has 7 heteroatoms. The van der Waals surface area contributed by atoms with Gasteiger partial charge in [0.05, 0.1) is 12.7 Å². The van der Waals surface area contributed by atoms with Crippen LogP contribution in [0.5, 0.6) is 11.5 Å². The van der Waals surface area contributed by atoms with Crippen LogP contribution in [0.2, 0.25) is 0 Å². The number of nitrogens with one attached hydrogen (secondary N) is 1. The zero-order valence-electron chi connectivity index (χ0n) is 15.8.